The van der Waals surface area contributed by atoms with Crippen molar-refractivity contribution in [1.29, 1.82) is 0 Å². The van der Waals surface area contributed by atoms with E-state index in [9.17, 15) is 18.0 Å². The average molecular weight is 355 g/mol. The van der Waals surface area contributed by atoms with Crippen LogP contribution in [-0.4, -0.2) is 50.6 Å². The second-order valence-electron chi connectivity index (χ2n) is 5.93. The van der Waals surface area contributed by atoms with Gasteiger partial charge in [-0.1, -0.05) is 0 Å². The lowest BCUT2D eigenvalue weighted by molar-refractivity contribution is -0.124. The van der Waals surface area contributed by atoms with Crippen molar-refractivity contribution in [2.75, 3.05) is 18.1 Å². The van der Waals surface area contributed by atoms with Crippen LogP contribution >= 0.6 is 0 Å². The van der Waals surface area contributed by atoms with Gasteiger partial charge in [0.25, 0.3) is 5.91 Å². The number of nitrogens with one attached hydrogen (secondary N) is 1. The van der Waals surface area contributed by atoms with Gasteiger partial charge in [-0.15, -0.1) is 0 Å². The molecule has 0 radical (unpaired) electrons. The maximum atomic E-state index is 11.9. The van der Waals surface area contributed by atoms with Crippen LogP contribution in [0.3, 0.4) is 0 Å². The number of carbonyl (C=O) groups is 2. The minimum Gasteiger partial charge on any atom is -0.491 e. The van der Waals surface area contributed by atoms with E-state index in [1.807, 2.05) is 13.8 Å². The van der Waals surface area contributed by atoms with Gasteiger partial charge in [0.15, 0.2) is 16.4 Å². The first-order valence-electron chi connectivity index (χ1n) is 7.69. The molecule has 0 saturated carbocycles. The molecule has 132 valence electrons. The topological polar surface area (TPSA) is 98.8 Å². The number of sulfone groups is 1. The van der Waals surface area contributed by atoms with Crippen molar-refractivity contribution in [3.63, 3.8) is 0 Å². The van der Waals surface area contributed by atoms with E-state index in [4.69, 9.17) is 9.47 Å². The number of carbonyl (C=O) groups excluding carboxylic acids is 2. The quantitative estimate of drug-likeness (QED) is 0.763. The fourth-order valence-corrected chi connectivity index (χ4v) is 4.01. The molecule has 1 heterocycles. The van der Waals surface area contributed by atoms with Crippen LogP contribution in [0.4, 0.5) is 0 Å². The van der Waals surface area contributed by atoms with Crippen LogP contribution in [0, 0.1) is 0 Å². The summed E-state index contributed by atoms with van der Waals surface area (Å²) in [5, 5.41) is 2.56. The molecule has 1 amide bonds. The number of esters is 1. The summed E-state index contributed by atoms with van der Waals surface area (Å²) in [4.78, 5) is 23.6. The Morgan fingerprint density at radius 2 is 1.92 bits per heavy atom. The van der Waals surface area contributed by atoms with Gasteiger partial charge in [-0.25, -0.2) is 13.2 Å². The molecule has 8 heteroatoms. The Morgan fingerprint density at radius 3 is 2.46 bits per heavy atom. The number of benzene rings is 1. The molecule has 24 heavy (non-hydrogen) atoms. The molecule has 1 aliphatic heterocycles. The maximum absolute atomic E-state index is 11.9. The fourth-order valence-electron chi connectivity index (χ4n) is 2.33. The summed E-state index contributed by atoms with van der Waals surface area (Å²) in [6, 6.07) is 6.01. The van der Waals surface area contributed by atoms with E-state index < -0.39 is 34.4 Å². The second-order valence-corrected chi connectivity index (χ2v) is 8.16. The summed E-state index contributed by atoms with van der Waals surface area (Å²) in [5.74, 6) is -0.487. The molecule has 1 N–H and O–H groups in total. The molecular weight excluding hydrogens is 334 g/mol. The van der Waals surface area contributed by atoms with Crippen molar-refractivity contribution in [3.05, 3.63) is 29.8 Å². The molecule has 1 aliphatic rings. The third kappa shape index (κ3) is 5.52. The van der Waals surface area contributed by atoms with Crippen LogP contribution in [0.5, 0.6) is 5.75 Å². The summed E-state index contributed by atoms with van der Waals surface area (Å²) in [6.07, 6.45) is 0.421. The molecule has 0 spiro atoms. The number of ether oxygens (including phenoxy) is 2. The maximum Gasteiger partial charge on any atom is 0.338 e. The average Bonchev–Trinajstić information content (AvgIpc) is 2.83. The van der Waals surface area contributed by atoms with Crippen molar-refractivity contribution in [3.8, 4) is 5.75 Å². The molecule has 0 aliphatic carbocycles. The summed E-state index contributed by atoms with van der Waals surface area (Å²) >= 11 is 0. The fraction of sp³-hybridized carbons (Fsp3) is 0.500. The second kappa shape index (κ2) is 7.65. The predicted octanol–water partition coefficient (Wildman–Crippen LogP) is 0.934. The summed E-state index contributed by atoms with van der Waals surface area (Å²) < 4.78 is 33.0. The van der Waals surface area contributed by atoms with Gasteiger partial charge in [-0.05, 0) is 44.5 Å². The van der Waals surface area contributed by atoms with Gasteiger partial charge >= 0.3 is 5.97 Å². The summed E-state index contributed by atoms with van der Waals surface area (Å²) in [6.45, 7) is 3.35. The molecule has 1 saturated heterocycles. The molecule has 0 unspecified atom stereocenters. The Balaban J connectivity index is 1.79. The van der Waals surface area contributed by atoms with Crippen molar-refractivity contribution in [2.24, 2.45) is 0 Å². The monoisotopic (exact) mass is 355 g/mol. The Bertz CT molecular complexity index is 696. The highest BCUT2D eigenvalue weighted by Crippen LogP contribution is 2.14. The molecule has 1 fully saturated rings. The van der Waals surface area contributed by atoms with Crippen molar-refractivity contribution in [1.82, 2.24) is 5.32 Å². The van der Waals surface area contributed by atoms with E-state index >= 15 is 0 Å². The smallest absolute Gasteiger partial charge is 0.338 e. The third-order valence-corrected chi connectivity index (χ3v) is 5.16. The third-order valence-electron chi connectivity index (χ3n) is 3.39. The van der Waals surface area contributed by atoms with Crippen LogP contribution in [0.25, 0.3) is 0 Å². The van der Waals surface area contributed by atoms with Gasteiger partial charge < -0.3 is 14.8 Å². The number of amides is 1. The van der Waals surface area contributed by atoms with Crippen LogP contribution in [0.15, 0.2) is 24.3 Å². The number of rotatable bonds is 6. The van der Waals surface area contributed by atoms with Gasteiger partial charge in [0, 0.05) is 6.04 Å². The summed E-state index contributed by atoms with van der Waals surface area (Å²) in [7, 11) is -3.06. The van der Waals surface area contributed by atoms with E-state index in [1.165, 1.54) is 0 Å². The summed E-state index contributed by atoms with van der Waals surface area (Å²) in [5.41, 5.74) is 0.308. The molecular formula is C16H21NO6S. The van der Waals surface area contributed by atoms with Crippen LogP contribution < -0.4 is 10.1 Å². The van der Waals surface area contributed by atoms with Crippen LogP contribution in [0.2, 0.25) is 0 Å². The molecule has 1 aromatic rings. The largest absolute Gasteiger partial charge is 0.491 e. The van der Waals surface area contributed by atoms with Gasteiger partial charge in [0.05, 0.1) is 23.2 Å². The lowest BCUT2D eigenvalue weighted by Gasteiger charge is -2.11. The Morgan fingerprint density at radius 1 is 1.25 bits per heavy atom. The standard InChI is InChI=1S/C16H21NO6S/c1-11(2)23-14-5-3-12(4-6-14)16(19)22-9-15(18)17-13-7-8-24(20,21)10-13/h3-6,11,13H,7-10H2,1-2H3,(H,17,18)/t13-/m1/s1. The first kappa shape index (κ1) is 18.3. The lowest BCUT2D eigenvalue weighted by atomic mass is 10.2. The van der Waals surface area contributed by atoms with E-state index in [1.54, 1.807) is 24.3 Å². The molecule has 7 nitrogen and oxygen atoms in total. The van der Waals surface area contributed by atoms with Gasteiger partial charge in [0.1, 0.15) is 5.75 Å². The zero-order valence-electron chi connectivity index (χ0n) is 13.7. The molecule has 1 atom stereocenters. The Kier molecular flexibility index (Phi) is 5.82. The van der Waals surface area contributed by atoms with Crippen molar-refractivity contribution < 1.29 is 27.5 Å². The predicted molar refractivity (Wildman–Crippen MR) is 87.7 cm³/mol. The molecule has 0 bridgehead atoms. The first-order valence-corrected chi connectivity index (χ1v) is 9.51. The van der Waals surface area contributed by atoms with E-state index in [-0.39, 0.29) is 17.6 Å². The number of hydrogen-bond acceptors (Lipinski definition) is 6. The zero-order valence-corrected chi connectivity index (χ0v) is 14.5. The van der Waals surface area contributed by atoms with Crippen molar-refractivity contribution >= 4 is 21.7 Å². The minimum atomic E-state index is -3.06. The van der Waals surface area contributed by atoms with Crippen LogP contribution in [0.1, 0.15) is 30.6 Å². The van der Waals surface area contributed by atoms with E-state index in [0.29, 0.717) is 17.7 Å². The van der Waals surface area contributed by atoms with Crippen molar-refractivity contribution in [2.45, 2.75) is 32.4 Å². The number of hydrogen-bond donors (Lipinski definition) is 1. The lowest BCUT2D eigenvalue weighted by Crippen LogP contribution is -2.38. The van der Waals surface area contributed by atoms with Gasteiger partial charge in [-0.2, -0.15) is 0 Å². The normalized spacial score (nSPS) is 19.0. The van der Waals surface area contributed by atoms with E-state index in [2.05, 4.69) is 5.32 Å². The molecule has 0 aromatic heterocycles. The Labute approximate surface area is 141 Å². The van der Waals surface area contributed by atoms with Gasteiger partial charge in [-0.3, -0.25) is 4.79 Å². The van der Waals surface area contributed by atoms with E-state index in [0.717, 1.165) is 0 Å². The minimum absolute atomic E-state index is 0.0332. The van der Waals surface area contributed by atoms with Crippen LogP contribution in [-0.2, 0) is 19.4 Å². The zero-order chi connectivity index (χ0) is 17.7. The Hall–Kier alpha value is -2.09. The molecule has 2 rings (SSSR count). The molecule has 1 aromatic carbocycles. The highest BCUT2D eigenvalue weighted by molar-refractivity contribution is 7.91. The highest BCUT2D eigenvalue weighted by Gasteiger charge is 2.29. The SMILES string of the molecule is CC(C)Oc1ccc(C(=O)OCC(=O)N[C@@H]2CCS(=O)(=O)C2)cc1. The van der Waals surface area contributed by atoms with Gasteiger partial charge in [0.2, 0.25) is 0 Å². The first-order chi connectivity index (χ1) is 11.2. The highest BCUT2D eigenvalue weighted by atomic mass is 32.2.